The van der Waals surface area contributed by atoms with Crippen molar-refractivity contribution in [1.29, 1.82) is 0 Å². The van der Waals surface area contributed by atoms with Gasteiger partial charge in [0.15, 0.2) is 0 Å². The molecule has 4 nitrogen and oxygen atoms in total. The van der Waals surface area contributed by atoms with Crippen LogP contribution in [-0.2, 0) is 11.2 Å². The first kappa shape index (κ1) is 13.4. The molecule has 4 heteroatoms. The standard InChI is InChI=1S/C17H16N2O2/c1-18-16(20)15-11-13-9-5-6-10-14(13)19(15)17(21)12-7-3-2-4-8-12/h2-10,15H,11H2,1H3,(H,18,20)/t15-/m1/s1. The number of hydrogen-bond acceptors (Lipinski definition) is 2. The fourth-order valence-corrected chi connectivity index (χ4v) is 2.73. The average molecular weight is 280 g/mol. The summed E-state index contributed by atoms with van der Waals surface area (Å²) >= 11 is 0. The van der Waals surface area contributed by atoms with E-state index in [0.29, 0.717) is 12.0 Å². The normalized spacial score (nSPS) is 16.4. The molecule has 0 saturated heterocycles. The fourth-order valence-electron chi connectivity index (χ4n) is 2.73. The summed E-state index contributed by atoms with van der Waals surface area (Å²) in [4.78, 5) is 26.5. The Hall–Kier alpha value is -2.62. The van der Waals surface area contributed by atoms with Gasteiger partial charge in [0.05, 0.1) is 0 Å². The third-order valence-corrected chi connectivity index (χ3v) is 3.76. The highest BCUT2D eigenvalue weighted by Gasteiger charge is 2.37. The van der Waals surface area contributed by atoms with Gasteiger partial charge < -0.3 is 5.32 Å². The smallest absolute Gasteiger partial charge is 0.259 e. The van der Waals surface area contributed by atoms with Gasteiger partial charge in [0.1, 0.15) is 6.04 Å². The van der Waals surface area contributed by atoms with Crippen molar-refractivity contribution in [3.05, 3.63) is 65.7 Å². The molecule has 2 amide bonds. The van der Waals surface area contributed by atoms with Gasteiger partial charge in [-0.3, -0.25) is 14.5 Å². The lowest BCUT2D eigenvalue weighted by Crippen LogP contribution is -2.47. The first-order chi connectivity index (χ1) is 10.2. The molecule has 0 aliphatic carbocycles. The topological polar surface area (TPSA) is 49.4 Å². The lowest BCUT2D eigenvalue weighted by molar-refractivity contribution is -0.121. The molecule has 0 unspecified atom stereocenters. The number of benzene rings is 2. The van der Waals surface area contributed by atoms with Gasteiger partial charge in [0.25, 0.3) is 5.91 Å². The Morgan fingerprint density at radius 1 is 1.05 bits per heavy atom. The molecule has 0 radical (unpaired) electrons. The molecule has 0 bridgehead atoms. The van der Waals surface area contributed by atoms with Gasteiger partial charge in [-0.25, -0.2) is 0 Å². The molecular weight excluding hydrogens is 264 g/mol. The lowest BCUT2D eigenvalue weighted by Gasteiger charge is -2.24. The SMILES string of the molecule is CNC(=O)[C@H]1Cc2ccccc2N1C(=O)c1ccccc1. The molecule has 1 aliphatic rings. The van der Waals surface area contributed by atoms with Crippen molar-refractivity contribution < 1.29 is 9.59 Å². The van der Waals surface area contributed by atoms with Gasteiger partial charge in [-0.15, -0.1) is 0 Å². The number of para-hydroxylation sites is 1. The van der Waals surface area contributed by atoms with Crippen LogP contribution in [0, 0.1) is 0 Å². The quantitative estimate of drug-likeness (QED) is 0.914. The number of carbonyl (C=O) groups excluding carboxylic acids is 2. The van der Waals surface area contributed by atoms with Crippen molar-refractivity contribution in [3.8, 4) is 0 Å². The molecule has 0 fully saturated rings. The molecule has 2 aromatic rings. The number of fused-ring (bicyclic) bond motifs is 1. The Morgan fingerprint density at radius 2 is 1.71 bits per heavy atom. The van der Waals surface area contributed by atoms with Crippen LogP contribution in [0.5, 0.6) is 0 Å². The second-order valence-electron chi connectivity index (χ2n) is 5.00. The molecule has 0 spiro atoms. The van der Waals surface area contributed by atoms with Crippen LogP contribution in [0.3, 0.4) is 0 Å². The zero-order valence-electron chi connectivity index (χ0n) is 11.7. The summed E-state index contributed by atoms with van der Waals surface area (Å²) in [6.45, 7) is 0. The van der Waals surface area contributed by atoms with E-state index in [-0.39, 0.29) is 11.8 Å². The van der Waals surface area contributed by atoms with Crippen molar-refractivity contribution in [2.75, 3.05) is 11.9 Å². The highest BCUT2D eigenvalue weighted by Crippen LogP contribution is 2.33. The largest absolute Gasteiger partial charge is 0.357 e. The van der Waals surface area contributed by atoms with Crippen molar-refractivity contribution in [2.45, 2.75) is 12.5 Å². The number of nitrogens with one attached hydrogen (secondary N) is 1. The van der Waals surface area contributed by atoms with Gasteiger partial charge in [0.2, 0.25) is 5.91 Å². The van der Waals surface area contributed by atoms with Gasteiger partial charge >= 0.3 is 0 Å². The van der Waals surface area contributed by atoms with Gasteiger partial charge in [-0.05, 0) is 23.8 Å². The maximum atomic E-state index is 12.8. The van der Waals surface area contributed by atoms with Crippen LogP contribution in [0.4, 0.5) is 5.69 Å². The maximum absolute atomic E-state index is 12.8. The number of hydrogen-bond donors (Lipinski definition) is 1. The summed E-state index contributed by atoms with van der Waals surface area (Å²) in [5.41, 5.74) is 2.43. The third kappa shape index (κ3) is 2.29. The van der Waals surface area contributed by atoms with E-state index >= 15 is 0 Å². The van der Waals surface area contributed by atoms with E-state index in [2.05, 4.69) is 5.32 Å². The Balaban J connectivity index is 2.03. The molecule has 1 aliphatic heterocycles. The fraction of sp³-hybridized carbons (Fsp3) is 0.176. The zero-order valence-corrected chi connectivity index (χ0v) is 11.7. The van der Waals surface area contributed by atoms with Crippen LogP contribution >= 0.6 is 0 Å². The summed E-state index contributed by atoms with van der Waals surface area (Å²) in [7, 11) is 1.59. The molecule has 0 saturated carbocycles. The molecule has 1 N–H and O–H groups in total. The Bertz CT molecular complexity index is 682. The van der Waals surface area contributed by atoms with Crippen molar-refractivity contribution in [2.24, 2.45) is 0 Å². The van der Waals surface area contributed by atoms with Gasteiger partial charge in [0, 0.05) is 24.7 Å². The van der Waals surface area contributed by atoms with Crippen LogP contribution in [0.25, 0.3) is 0 Å². The van der Waals surface area contributed by atoms with Crippen molar-refractivity contribution in [1.82, 2.24) is 5.32 Å². The maximum Gasteiger partial charge on any atom is 0.259 e. The van der Waals surface area contributed by atoms with Crippen molar-refractivity contribution >= 4 is 17.5 Å². The van der Waals surface area contributed by atoms with Gasteiger partial charge in [-0.2, -0.15) is 0 Å². The summed E-state index contributed by atoms with van der Waals surface area (Å²) < 4.78 is 0. The third-order valence-electron chi connectivity index (χ3n) is 3.76. The number of nitrogens with zero attached hydrogens (tertiary/aromatic N) is 1. The van der Waals surface area contributed by atoms with Crippen LogP contribution < -0.4 is 10.2 Å². The van der Waals surface area contributed by atoms with Crippen LogP contribution in [0.15, 0.2) is 54.6 Å². The Morgan fingerprint density at radius 3 is 2.43 bits per heavy atom. The van der Waals surface area contributed by atoms with Gasteiger partial charge in [-0.1, -0.05) is 36.4 Å². The van der Waals surface area contributed by atoms with E-state index in [1.165, 1.54) is 0 Å². The zero-order chi connectivity index (χ0) is 14.8. The minimum Gasteiger partial charge on any atom is -0.357 e. The number of anilines is 1. The van der Waals surface area contributed by atoms with E-state index in [0.717, 1.165) is 11.3 Å². The lowest BCUT2D eigenvalue weighted by atomic mass is 10.1. The molecule has 21 heavy (non-hydrogen) atoms. The Kier molecular flexibility index (Phi) is 3.44. The van der Waals surface area contributed by atoms with E-state index in [4.69, 9.17) is 0 Å². The molecule has 0 aromatic heterocycles. The van der Waals surface area contributed by atoms with E-state index in [1.807, 2.05) is 42.5 Å². The molecule has 1 atom stereocenters. The number of rotatable bonds is 2. The molecule has 2 aromatic carbocycles. The summed E-state index contributed by atoms with van der Waals surface area (Å²) in [6.07, 6.45) is 0.550. The highest BCUT2D eigenvalue weighted by molar-refractivity contribution is 6.11. The predicted octanol–water partition coefficient (Wildman–Crippen LogP) is 2.00. The van der Waals surface area contributed by atoms with E-state index < -0.39 is 6.04 Å². The minimum absolute atomic E-state index is 0.143. The predicted molar refractivity (Wildman–Crippen MR) is 81.3 cm³/mol. The monoisotopic (exact) mass is 280 g/mol. The van der Waals surface area contributed by atoms with Crippen LogP contribution in [0.2, 0.25) is 0 Å². The summed E-state index contributed by atoms with van der Waals surface area (Å²) in [6, 6.07) is 16.2. The summed E-state index contributed by atoms with van der Waals surface area (Å²) in [5, 5.41) is 2.65. The second kappa shape index (κ2) is 5.40. The highest BCUT2D eigenvalue weighted by atomic mass is 16.2. The first-order valence-corrected chi connectivity index (χ1v) is 6.90. The molecular formula is C17H16N2O2. The molecule has 106 valence electrons. The van der Waals surface area contributed by atoms with Crippen LogP contribution in [-0.4, -0.2) is 24.9 Å². The Labute approximate surface area is 123 Å². The van der Waals surface area contributed by atoms with E-state index in [1.54, 1.807) is 24.1 Å². The molecule has 3 rings (SSSR count). The second-order valence-corrected chi connectivity index (χ2v) is 5.00. The van der Waals surface area contributed by atoms with Crippen LogP contribution in [0.1, 0.15) is 15.9 Å². The van der Waals surface area contributed by atoms with Crippen molar-refractivity contribution in [3.63, 3.8) is 0 Å². The van der Waals surface area contributed by atoms with E-state index in [9.17, 15) is 9.59 Å². The number of likely N-dealkylation sites (N-methyl/N-ethyl adjacent to an activating group) is 1. The minimum atomic E-state index is -0.486. The first-order valence-electron chi connectivity index (χ1n) is 6.90. The summed E-state index contributed by atoms with van der Waals surface area (Å²) in [5.74, 6) is -0.287. The number of amides is 2. The number of carbonyl (C=O) groups is 2. The average Bonchev–Trinajstić information content (AvgIpc) is 2.93. The molecule has 1 heterocycles.